The third-order valence-corrected chi connectivity index (χ3v) is 7.39. The first-order valence-electron chi connectivity index (χ1n) is 15.2. The van der Waals surface area contributed by atoms with Crippen LogP contribution in [0.4, 0.5) is 0 Å². The Balaban J connectivity index is 2.11. The van der Waals surface area contributed by atoms with E-state index in [0.29, 0.717) is 6.42 Å². The number of unbranched alkanes of at least 4 members (excludes halogenated alkanes) is 13. The molecule has 0 aromatic heterocycles. The highest BCUT2D eigenvalue weighted by atomic mass is 16.7. The second kappa shape index (κ2) is 17.2. The molecule has 5 heteroatoms. The van der Waals surface area contributed by atoms with Gasteiger partial charge < -0.3 is 9.84 Å². The van der Waals surface area contributed by atoms with Crippen molar-refractivity contribution in [1.82, 2.24) is 5.06 Å². The van der Waals surface area contributed by atoms with Gasteiger partial charge in [0, 0.05) is 17.5 Å². The molecule has 36 heavy (non-hydrogen) atoms. The molecule has 0 unspecified atom stereocenters. The van der Waals surface area contributed by atoms with Gasteiger partial charge in [-0.25, -0.2) is 0 Å². The number of piperidine rings is 1. The average molecular weight is 512 g/mol. The minimum Gasteiger partial charge on any atom is -0.388 e. The number of hydrogen-bond donors (Lipinski definition) is 1. The van der Waals surface area contributed by atoms with Gasteiger partial charge in [-0.15, -0.1) is 0 Å². The van der Waals surface area contributed by atoms with Crippen molar-refractivity contribution in [2.24, 2.45) is 0 Å². The smallest absolute Gasteiger partial charge is 0.158 e. The Hall–Kier alpha value is -0.490. The van der Waals surface area contributed by atoms with Crippen LogP contribution in [0.2, 0.25) is 0 Å². The zero-order chi connectivity index (χ0) is 27.1. The van der Waals surface area contributed by atoms with Gasteiger partial charge in [-0.1, -0.05) is 90.4 Å². The largest absolute Gasteiger partial charge is 0.388 e. The van der Waals surface area contributed by atoms with Gasteiger partial charge in [0.25, 0.3) is 0 Å². The Labute approximate surface area is 224 Å². The molecule has 1 aliphatic rings. The van der Waals surface area contributed by atoms with Crippen molar-refractivity contribution in [2.45, 2.75) is 180 Å². The number of hydrogen-bond acceptors (Lipinski definition) is 5. The lowest BCUT2D eigenvalue weighted by Crippen LogP contribution is -2.62. The van der Waals surface area contributed by atoms with Crippen LogP contribution in [0.5, 0.6) is 0 Å². The summed E-state index contributed by atoms with van der Waals surface area (Å²) in [6, 6.07) is 0. The van der Waals surface area contributed by atoms with E-state index in [0.717, 1.165) is 25.7 Å². The summed E-state index contributed by atoms with van der Waals surface area (Å²) in [5.74, 6) is 0.227. The van der Waals surface area contributed by atoms with E-state index in [2.05, 4.69) is 34.6 Å². The second-order valence-electron chi connectivity index (χ2n) is 13.2. The summed E-state index contributed by atoms with van der Waals surface area (Å²) < 4.78 is 6.10. The molecule has 1 N–H and O–H groups in total. The van der Waals surface area contributed by atoms with E-state index in [4.69, 9.17) is 9.57 Å². The van der Waals surface area contributed by atoms with Crippen molar-refractivity contribution in [3.05, 3.63) is 0 Å². The summed E-state index contributed by atoms with van der Waals surface area (Å²) >= 11 is 0. The fourth-order valence-corrected chi connectivity index (χ4v) is 5.66. The van der Waals surface area contributed by atoms with Gasteiger partial charge in [0.1, 0.15) is 6.61 Å². The standard InChI is InChI=1S/C31H61NO4/c1-8-9-10-11-12-13-14-15-16-17-18-19-20-21-22-27(33)25-35-28-23-29(2,3)32(30(4,5)24-28)36-26-31(6,7)34/h28,34H,8-26H2,1-7H3. The van der Waals surface area contributed by atoms with Crippen molar-refractivity contribution >= 4 is 5.78 Å². The molecule has 0 aliphatic carbocycles. The summed E-state index contributed by atoms with van der Waals surface area (Å²) in [5.41, 5.74) is -1.36. The van der Waals surface area contributed by atoms with Gasteiger partial charge in [-0.3, -0.25) is 9.63 Å². The van der Waals surface area contributed by atoms with Crippen molar-refractivity contribution in [3.63, 3.8) is 0 Å². The van der Waals surface area contributed by atoms with Crippen LogP contribution in [0.1, 0.15) is 158 Å². The third-order valence-electron chi connectivity index (χ3n) is 7.39. The number of nitrogens with zero attached hydrogens (tertiary/aromatic N) is 1. The molecule has 1 aliphatic heterocycles. The van der Waals surface area contributed by atoms with Crippen molar-refractivity contribution in [1.29, 1.82) is 0 Å². The molecule has 0 aromatic rings. The van der Waals surface area contributed by atoms with Crippen LogP contribution in [0, 0.1) is 0 Å². The number of ketones is 1. The maximum atomic E-state index is 12.4. The van der Waals surface area contributed by atoms with Gasteiger partial charge in [-0.2, -0.15) is 5.06 Å². The number of ether oxygens (including phenoxy) is 1. The van der Waals surface area contributed by atoms with E-state index < -0.39 is 5.60 Å². The minimum absolute atomic E-state index is 0.0391. The number of Topliss-reactive ketones (excluding diaryl/α,β-unsaturated/α-hetero) is 1. The van der Waals surface area contributed by atoms with Gasteiger partial charge in [-0.05, 0) is 60.8 Å². The predicted octanol–water partition coefficient (Wildman–Crippen LogP) is 8.17. The van der Waals surface area contributed by atoms with Crippen LogP contribution in [-0.2, 0) is 14.4 Å². The minimum atomic E-state index is -0.876. The van der Waals surface area contributed by atoms with Gasteiger partial charge in [0.15, 0.2) is 5.78 Å². The number of aliphatic hydroxyl groups is 1. The first kappa shape index (κ1) is 33.5. The quantitative estimate of drug-likeness (QED) is 0.157. The molecular weight excluding hydrogens is 450 g/mol. The van der Waals surface area contributed by atoms with E-state index >= 15 is 0 Å². The van der Waals surface area contributed by atoms with E-state index in [9.17, 15) is 9.90 Å². The van der Waals surface area contributed by atoms with Gasteiger partial charge in [0.2, 0.25) is 0 Å². The zero-order valence-electron chi connectivity index (χ0n) is 25.1. The number of rotatable bonds is 21. The summed E-state index contributed by atoms with van der Waals surface area (Å²) in [6.07, 6.45) is 20.9. The molecule has 0 aromatic carbocycles. The first-order valence-corrected chi connectivity index (χ1v) is 15.2. The fraction of sp³-hybridized carbons (Fsp3) is 0.968. The molecule has 0 amide bonds. The lowest BCUT2D eigenvalue weighted by Gasteiger charge is -2.53. The van der Waals surface area contributed by atoms with E-state index in [-0.39, 0.29) is 36.2 Å². The van der Waals surface area contributed by atoms with Crippen molar-refractivity contribution in [3.8, 4) is 0 Å². The third kappa shape index (κ3) is 15.1. The van der Waals surface area contributed by atoms with Crippen LogP contribution in [-0.4, -0.2) is 51.9 Å². The zero-order valence-corrected chi connectivity index (χ0v) is 25.1. The molecule has 0 bridgehead atoms. The summed E-state index contributed by atoms with van der Waals surface area (Å²) in [4.78, 5) is 18.5. The van der Waals surface area contributed by atoms with Crippen LogP contribution in [0.25, 0.3) is 0 Å². The van der Waals surface area contributed by atoms with Crippen molar-refractivity contribution in [2.75, 3.05) is 13.2 Å². The summed E-state index contributed by atoms with van der Waals surface area (Å²) in [6.45, 7) is 14.8. The highest BCUT2D eigenvalue weighted by Gasteiger charge is 2.47. The average Bonchev–Trinajstić information content (AvgIpc) is 2.75. The molecule has 1 heterocycles. The van der Waals surface area contributed by atoms with Crippen LogP contribution < -0.4 is 0 Å². The Morgan fingerprint density at radius 3 is 1.64 bits per heavy atom. The van der Waals surface area contributed by atoms with E-state index in [1.54, 1.807) is 13.8 Å². The SMILES string of the molecule is CCCCCCCCCCCCCCCCC(=O)COC1CC(C)(C)N(OCC(C)(C)O)C(C)(C)C1. The monoisotopic (exact) mass is 511 g/mol. The molecule has 214 valence electrons. The highest BCUT2D eigenvalue weighted by molar-refractivity contribution is 5.79. The topological polar surface area (TPSA) is 59.0 Å². The summed E-state index contributed by atoms with van der Waals surface area (Å²) in [5, 5.41) is 12.1. The van der Waals surface area contributed by atoms with Crippen LogP contribution in [0.3, 0.4) is 0 Å². The number of hydroxylamine groups is 2. The lowest BCUT2D eigenvalue weighted by atomic mass is 9.80. The molecule has 1 fully saturated rings. The lowest BCUT2D eigenvalue weighted by molar-refractivity contribution is -0.308. The first-order chi connectivity index (χ1) is 16.9. The molecule has 0 spiro atoms. The normalized spacial score (nSPS) is 18.6. The Morgan fingerprint density at radius 2 is 1.22 bits per heavy atom. The molecule has 1 saturated heterocycles. The highest BCUT2D eigenvalue weighted by Crippen LogP contribution is 2.40. The molecule has 0 saturated carbocycles. The van der Waals surface area contributed by atoms with Crippen LogP contribution in [0.15, 0.2) is 0 Å². The molecule has 5 nitrogen and oxygen atoms in total. The van der Waals surface area contributed by atoms with Gasteiger partial charge in [0.05, 0.1) is 18.3 Å². The number of carbonyl (C=O) groups excluding carboxylic acids is 1. The second-order valence-corrected chi connectivity index (χ2v) is 13.2. The molecule has 0 radical (unpaired) electrons. The Morgan fingerprint density at radius 1 is 0.806 bits per heavy atom. The fourth-order valence-electron chi connectivity index (χ4n) is 5.66. The number of carbonyl (C=O) groups is 1. The van der Waals surface area contributed by atoms with Crippen LogP contribution >= 0.6 is 0 Å². The molecule has 0 atom stereocenters. The van der Waals surface area contributed by atoms with Gasteiger partial charge >= 0.3 is 0 Å². The Kier molecular flexibility index (Phi) is 16.0. The van der Waals surface area contributed by atoms with E-state index in [1.165, 1.54) is 77.0 Å². The molecule has 1 rings (SSSR count). The summed E-state index contributed by atoms with van der Waals surface area (Å²) in [7, 11) is 0. The predicted molar refractivity (Wildman–Crippen MR) is 151 cm³/mol. The van der Waals surface area contributed by atoms with E-state index in [1.807, 2.05) is 5.06 Å². The maximum Gasteiger partial charge on any atom is 0.158 e. The Bertz CT molecular complexity index is 564. The maximum absolute atomic E-state index is 12.4. The van der Waals surface area contributed by atoms with Crippen molar-refractivity contribution < 1.29 is 19.5 Å². The molecular formula is C31H61NO4.